The van der Waals surface area contributed by atoms with Crippen molar-refractivity contribution in [2.45, 2.75) is 25.5 Å². The minimum Gasteiger partial charge on any atom is -0.454 e. The first kappa shape index (κ1) is 12.9. The molecule has 0 unspecified atom stereocenters. The lowest BCUT2D eigenvalue weighted by atomic mass is 10.2. The van der Waals surface area contributed by atoms with Crippen LogP contribution in [0.25, 0.3) is 0 Å². The van der Waals surface area contributed by atoms with Crippen LogP contribution in [0.5, 0.6) is 0 Å². The molecule has 1 fully saturated rings. The van der Waals surface area contributed by atoms with Gasteiger partial charge in [0.25, 0.3) is 5.91 Å². The van der Waals surface area contributed by atoms with Gasteiger partial charge >= 0.3 is 0 Å². The number of aromatic nitrogens is 2. The van der Waals surface area contributed by atoms with Crippen molar-refractivity contribution < 1.29 is 13.9 Å². The molecular weight excluding hydrogens is 258 g/mol. The fourth-order valence-corrected chi connectivity index (χ4v) is 2.24. The maximum absolute atomic E-state index is 11.9. The van der Waals surface area contributed by atoms with E-state index in [9.17, 15) is 4.79 Å². The number of amides is 1. The molecule has 1 amide bonds. The maximum atomic E-state index is 11.9. The first-order chi connectivity index (χ1) is 9.81. The molecule has 0 spiro atoms. The van der Waals surface area contributed by atoms with E-state index in [0.29, 0.717) is 24.6 Å². The number of nitrogens with one attached hydrogen (secondary N) is 1. The van der Waals surface area contributed by atoms with E-state index in [-0.39, 0.29) is 12.0 Å². The molecule has 1 aliphatic rings. The standard InChI is InChI=1S/C14H17N3O3/c18-14(15-9-11-3-1-8-19-11)13-5-4-12(20-13)10-17-7-2-6-16-17/h2,4-7,11H,1,3,8-10H2,(H,15,18)/t11-/m1/s1. The molecule has 6 nitrogen and oxygen atoms in total. The van der Waals surface area contributed by atoms with E-state index in [1.165, 1.54) is 0 Å². The van der Waals surface area contributed by atoms with Crippen molar-refractivity contribution in [2.24, 2.45) is 0 Å². The Morgan fingerprint density at radius 2 is 2.45 bits per heavy atom. The van der Waals surface area contributed by atoms with Crippen LogP contribution < -0.4 is 5.32 Å². The van der Waals surface area contributed by atoms with Gasteiger partial charge in [0.15, 0.2) is 5.76 Å². The summed E-state index contributed by atoms with van der Waals surface area (Å²) in [4.78, 5) is 11.9. The van der Waals surface area contributed by atoms with Crippen molar-refractivity contribution in [3.8, 4) is 0 Å². The average Bonchev–Trinajstić information content (AvgIpc) is 3.19. The third-order valence-electron chi connectivity index (χ3n) is 3.28. The number of hydrogen-bond acceptors (Lipinski definition) is 4. The summed E-state index contributed by atoms with van der Waals surface area (Å²) >= 11 is 0. The van der Waals surface area contributed by atoms with Crippen molar-refractivity contribution in [1.29, 1.82) is 0 Å². The minimum absolute atomic E-state index is 0.137. The topological polar surface area (TPSA) is 69.3 Å². The van der Waals surface area contributed by atoms with Gasteiger partial charge in [0.1, 0.15) is 5.76 Å². The van der Waals surface area contributed by atoms with Crippen LogP contribution in [-0.2, 0) is 11.3 Å². The van der Waals surface area contributed by atoms with Gasteiger partial charge in [-0.2, -0.15) is 5.10 Å². The van der Waals surface area contributed by atoms with E-state index in [1.807, 2.05) is 12.3 Å². The Morgan fingerprint density at radius 3 is 3.20 bits per heavy atom. The first-order valence-corrected chi connectivity index (χ1v) is 6.77. The number of nitrogens with zero attached hydrogens (tertiary/aromatic N) is 2. The fourth-order valence-electron chi connectivity index (χ4n) is 2.24. The summed E-state index contributed by atoms with van der Waals surface area (Å²) in [5.41, 5.74) is 0. The van der Waals surface area contributed by atoms with Crippen molar-refractivity contribution in [3.05, 3.63) is 42.1 Å². The van der Waals surface area contributed by atoms with E-state index in [1.54, 1.807) is 23.0 Å². The second-order valence-corrected chi connectivity index (χ2v) is 4.81. The van der Waals surface area contributed by atoms with Crippen LogP contribution in [-0.4, -0.2) is 34.9 Å². The molecule has 106 valence electrons. The molecule has 1 N–H and O–H groups in total. The molecule has 1 atom stereocenters. The lowest BCUT2D eigenvalue weighted by molar-refractivity contribution is 0.0833. The summed E-state index contributed by atoms with van der Waals surface area (Å²) in [7, 11) is 0. The maximum Gasteiger partial charge on any atom is 0.287 e. The SMILES string of the molecule is O=C(NC[C@H]1CCCO1)c1ccc(Cn2cccn2)o1. The van der Waals surface area contributed by atoms with E-state index in [0.717, 1.165) is 19.4 Å². The quantitative estimate of drug-likeness (QED) is 0.896. The zero-order valence-corrected chi connectivity index (χ0v) is 11.1. The van der Waals surface area contributed by atoms with Crippen LogP contribution in [0, 0.1) is 0 Å². The predicted molar refractivity (Wildman–Crippen MR) is 71.3 cm³/mol. The third kappa shape index (κ3) is 3.08. The van der Waals surface area contributed by atoms with Gasteiger partial charge in [-0.1, -0.05) is 0 Å². The Labute approximate surface area is 116 Å². The van der Waals surface area contributed by atoms with E-state index >= 15 is 0 Å². The summed E-state index contributed by atoms with van der Waals surface area (Å²) in [6.07, 6.45) is 5.76. The second kappa shape index (κ2) is 5.92. The number of hydrogen-bond donors (Lipinski definition) is 1. The molecule has 0 aliphatic carbocycles. The summed E-state index contributed by atoms with van der Waals surface area (Å²) in [6.45, 7) is 1.84. The number of rotatable bonds is 5. The lowest BCUT2D eigenvalue weighted by Gasteiger charge is -2.09. The second-order valence-electron chi connectivity index (χ2n) is 4.81. The van der Waals surface area contributed by atoms with Crippen LogP contribution in [0.3, 0.4) is 0 Å². The minimum atomic E-state index is -0.202. The summed E-state index contributed by atoms with van der Waals surface area (Å²) in [5.74, 6) is 0.827. The van der Waals surface area contributed by atoms with Gasteiger partial charge in [0.2, 0.25) is 0 Å². The van der Waals surface area contributed by atoms with Gasteiger partial charge in [0, 0.05) is 25.5 Å². The molecule has 0 saturated carbocycles. The fraction of sp³-hybridized carbons (Fsp3) is 0.429. The van der Waals surface area contributed by atoms with Crippen LogP contribution in [0.15, 0.2) is 35.0 Å². The smallest absolute Gasteiger partial charge is 0.287 e. The molecule has 1 saturated heterocycles. The van der Waals surface area contributed by atoms with Crippen LogP contribution in [0.4, 0.5) is 0 Å². The number of carbonyl (C=O) groups is 1. The van der Waals surface area contributed by atoms with Gasteiger partial charge in [0.05, 0.1) is 12.6 Å². The number of furan rings is 1. The molecule has 20 heavy (non-hydrogen) atoms. The Morgan fingerprint density at radius 1 is 1.50 bits per heavy atom. The van der Waals surface area contributed by atoms with Gasteiger partial charge in [-0.15, -0.1) is 0 Å². The Bertz CT molecular complexity index is 556. The van der Waals surface area contributed by atoms with Crippen LogP contribution >= 0.6 is 0 Å². The zero-order chi connectivity index (χ0) is 13.8. The summed E-state index contributed by atoms with van der Waals surface area (Å²) in [5, 5.41) is 6.93. The molecule has 1 aliphatic heterocycles. The number of carbonyl (C=O) groups excluding carboxylic acids is 1. The molecule has 2 aromatic rings. The van der Waals surface area contributed by atoms with Crippen LogP contribution in [0.2, 0.25) is 0 Å². The highest BCUT2D eigenvalue weighted by Gasteiger charge is 2.18. The largest absolute Gasteiger partial charge is 0.454 e. The third-order valence-corrected chi connectivity index (χ3v) is 3.28. The van der Waals surface area contributed by atoms with Crippen LogP contribution in [0.1, 0.15) is 29.2 Å². The highest BCUT2D eigenvalue weighted by molar-refractivity contribution is 5.91. The molecule has 6 heteroatoms. The summed E-state index contributed by atoms with van der Waals surface area (Å²) in [6, 6.07) is 5.32. The van der Waals surface area contributed by atoms with E-state index in [2.05, 4.69) is 10.4 Å². The number of ether oxygens (including phenoxy) is 1. The Hall–Kier alpha value is -2.08. The molecular formula is C14H17N3O3. The molecule has 2 aromatic heterocycles. The van der Waals surface area contributed by atoms with Gasteiger partial charge in [-0.3, -0.25) is 9.48 Å². The average molecular weight is 275 g/mol. The zero-order valence-electron chi connectivity index (χ0n) is 11.1. The monoisotopic (exact) mass is 275 g/mol. The van der Waals surface area contributed by atoms with Gasteiger partial charge in [-0.25, -0.2) is 0 Å². The Balaban J connectivity index is 1.54. The van der Waals surface area contributed by atoms with Crippen molar-refractivity contribution in [3.63, 3.8) is 0 Å². The van der Waals surface area contributed by atoms with Gasteiger partial charge < -0.3 is 14.5 Å². The highest BCUT2D eigenvalue weighted by Crippen LogP contribution is 2.12. The molecule has 0 bridgehead atoms. The van der Waals surface area contributed by atoms with E-state index < -0.39 is 0 Å². The highest BCUT2D eigenvalue weighted by atomic mass is 16.5. The van der Waals surface area contributed by atoms with Crippen molar-refractivity contribution in [1.82, 2.24) is 15.1 Å². The molecule has 3 rings (SSSR count). The van der Waals surface area contributed by atoms with E-state index in [4.69, 9.17) is 9.15 Å². The predicted octanol–water partition coefficient (Wildman–Crippen LogP) is 1.43. The first-order valence-electron chi connectivity index (χ1n) is 6.77. The summed E-state index contributed by atoms with van der Waals surface area (Å²) < 4.78 is 12.7. The normalized spacial score (nSPS) is 18.3. The lowest BCUT2D eigenvalue weighted by Crippen LogP contribution is -2.31. The molecule has 3 heterocycles. The van der Waals surface area contributed by atoms with Crippen molar-refractivity contribution >= 4 is 5.91 Å². The van der Waals surface area contributed by atoms with Gasteiger partial charge in [-0.05, 0) is 31.0 Å². The Kier molecular flexibility index (Phi) is 3.83. The van der Waals surface area contributed by atoms with Crippen molar-refractivity contribution in [2.75, 3.05) is 13.2 Å². The molecule has 0 aromatic carbocycles. The molecule has 0 radical (unpaired) electrons.